The third-order valence-electron chi connectivity index (χ3n) is 5.47. The highest BCUT2D eigenvalue weighted by Crippen LogP contribution is 2.30. The van der Waals surface area contributed by atoms with Crippen molar-refractivity contribution in [3.63, 3.8) is 0 Å². The highest BCUT2D eigenvalue weighted by molar-refractivity contribution is 6.30. The van der Waals surface area contributed by atoms with Crippen molar-refractivity contribution < 1.29 is 4.92 Å². The first-order valence-corrected chi connectivity index (χ1v) is 10.0. The molecule has 0 spiro atoms. The third-order valence-corrected chi connectivity index (χ3v) is 5.72. The highest BCUT2D eigenvalue weighted by Gasteiger charge is 2.22. The number of benzene rings is 2. The van der Waals surface area contributed by atoms with Crippen LogP contribution in [0.25, 0.3) is 22.3 Å². The Labute approximate surface area is 177 Å². The lowest BCUT2D eigenvalue weighted by Gasteiger charge is -2.27. The molecule has 1 aliphatic heterocycles. The number of hydrogen-bond donors (Lipinski definition) is 1. The van der Waals surface area contributed by atoms with Crippen molar-refractivity contribution in [3.05, 3.63) is 86.8 Å². The summed E-state index contributed by atoms with van der Waals surface area (Å²) in [5.41, 5.74) is 4.93. The van der Waals surface area contributed by atoms with E-state index in [1.807, 2.05) is 42.7 Å². The number of fused-ring (bicyclic) bond motifs is 2. The molecule has 0 saturated heterocycles. The van der Waals surface area contributed by atoms with E-state index in [0.29, 0.717) is 29.3 Å². The fraction of sp³-hybridized carbons (Fsp3) is 0.182. The topological polar surface area (TPSA) is 88.0 Å². The Bertz CT molecular complexity index is 1250. The monoisotopic (exact) mass is 419 g/mol. The molecular formula is C22H18ClN5O2. The Morgan fingerprint density at radius 2 is 2.03 bits per heavy atom. The predicted octanol–water partition coefficient (Wildman–Crippen LogP) is 4.74. The molecular weight excluding hydrogens is 402 g/mol. The van der Waals surface area contributed by atoms with Crippen molar-refractivity contribution in [2.45, 2.75) is 19.5 Å². The molecule has 0 aliphatic carbocycles. The number of nitrogens with zero attached hydrogens (tertiary/aromatic N) is 4. The van der Waals surface area contributed by atoms with Crippen LogP contribution in [0.5, 0.6) is 0 Å². The fourth-order valence-electron chi connectivity index (χ4n) is 4.00. The van der Waals surface area contributed by atoms with Gasteiger partial charge < -0.3 is 4.98 Å². The number of hydrogen-bond acceptors (Lipinski definition) is 5. The van der Waals surface area contributed by atoms with E-state index in [2.05, 4.69) is 14.9 Å². The summed E-state index contributed by atoms with van der Waals surface area (Å²) in [7, 11) is 0. The second-order valence-corrected chi connectivity index (χ2v) is 7.84. The van der Waals surface area contributed by atoms with Crippen molar-refractivity contribution in [3.8, 4) is 11.4 Å². The van der Waals surface area contributed by atoms with Gasteiger partial charge in [-0.05, 0) is 35.9 Å². The molecule has 2 aromatic carbocycles. The molecule has 3 heterocycles. The SMILES string of the molecule is O=[N+]([O-])c1cccc2[nH]cc(CN3CCc4nc(-c5ccc(Cl)cc5)ncc4C3)c12. The van der Waals surface area contributed by atoms with Crippen molar-refractivity contribution in [2.24, 2.45) is 0 Å². The molecule has 1 N–H and O–H groups in total. The lowest BCUT2D eigenvalue weighted by molar-refractivity contribution is -0.383. The van der Waals surface area contributed by atoms with Crippen molar-refractivity contribution >= 4 is 28.2 Å². The minimum Gasteiger partial charge on any atom is -0.361 e. The van der Waals surface area contributed by atoms with Gasteiger partial charge in [0.2, 0.25) is 0 Å². The van der Waals surface area contributed by atoms with Gasteiger partial charge in [0, 0.05) is 60.7 Å². The summed E-state index contributed by atoms with van der Waals surface area (Å²) in [4.78, 5) is 25.8. The van der Waals surface area contributed by atoms with E-state index < -0.39 is 0 Å². The largest absolute Gasteiger partial charge is 0.361 e. The Morgan fingerprint density at radius 3 is 2.83 bits per heavy atom. The van der Waals surface area contributed by atoms with E-state index in [-0.39, 0.29) is 10.6 Å². The standard InChI is InChI=1S/C22H18ClN5O2/c23-17-6-4-14(5-7-17)22-25-10-15-12-27(9-8-18(15)26-22)13-16-11-24-19-2-1-3-20(21(16)19)28(29)30/h1-7,10-11,24H,8-9,12-13H2. The summed E-state index contributed by atoms with van der Waals surface area (Å²) in [5, 5.41) is 12.8. The van der Waals surface area contributed by atoms with E-state index in [1.165, 1.54) is 0 Å². The highest BCUT2D eigenvalue weighted by atomic mass is 35.5. The van der Waals surface area contributed by atoms with Gasteiger partial charge in [-0.2, -0.15) is 0 Å². The lowest BCUT2D eigenvalue weighted by atomic mass is 10.0. The van der Waals surface area contributed by atoms with Gasteiger partial charge in [0.25, 0.3) is 5.69 Å². The molecule has 7 nitrogen and oxygen atoms in total. The molecule has 0 atom stereocenters. The van der Waals surface area contributed by atoms with Gasteiger partial charge in [0.1, 0.15) is 0 Å². The van der Waals surface area contributed by atoms with Crippen LogP contribution in [0.3, 0.4) is 0 Å². The van der Waals surface area contributed by atoms with Gasteiger partial charge in [-0.15, -0.1) is 0 Å². The molecule has 0 radical (unpaired) electrons. The van der Waals surface area contributed by atoms with Gasteiger partial charge in [0.15, 0.2) is 5.82 Å². The van der Waals surface area contributed by atoms with Gasteiger partial charge >= 0.3 is 0 Å². The third kappa shape index (κ3) is 3.42. The van der Waals surface area contributed by atoms with Crippen LogP contribution in [0, 0.1) is 10.1 Å². The van der Waals surface area contributed by atoms with E-state index in [0.717, 1.165) is 40.9 Å². The average molecular weight is 420 g/mol. The number of rotatable bonds is 4. The first-order valence-electron chi connectivity index (χ1n) is 9.65. The van der Waals surface area contributed by atoms with Crippen LogP contribution in [-0.4, -0.2) is 31.3 Å². The smallest absolute Gasteiger partial charge is 0.279 e. The lowest BCUT2D eigenvalue weighted by Crippen LogP contribution is -2.30. The number of H-pyrrole nitrogens is 1. The Balaban J connectivity index is 1.38. The maximum absolute atomic E-state index is 11.4. The van der Waals surface area contributed by atoms with Crippen LogP contribution in [0.1, 0.15) is 16.8 Å². The maximum atomic E-state index is 11.4. The van der Waals surface area contributed by atoms with Gasteiger partial charge in [-0.25, -0.2) is 9.97 Å². The van der Waals surface area contributed by atoms with E-state index in [9.17, 15) is 10.1 Å². The van der Waals surface area contributed by atoms with Gasteiger partial charge in [0.05, 0.1) is 21.5 Å². The minimum atomic E-state index is -0.322. The van der Waals surface area contributed by atoms with Crippen LogP contribution in [0.15, 0.2) is 54.9 Å². The second-order valence-electron chi connectivity index (χ2n) is 7.40. The zero-order chi connectivity index (χ0) is 20.7. The molecule has 1 aliphatic rings. The number of halogens is 1. The molecule has 0 saturated carbocycles. The summed E-state index contributed by atoms with van der Waals surface area (Å²) in [5.74, 6) is 0.700. The number of nitrogens with one attached hydrogen (secondary N) is 1. The van der Waals surface area contributed by atoms with Crippen molar-refractivity contribution in [2.75, 3.05) is 6.54 Å². The maximum Gasteiger partial charge on any atom is 0.279 e. The number of non-ortho nitro benzene ring substituents is 1. The average Bonchev–Trinajstić information content (AvgIpc) is 3.17. The molecule has 4 aromatic rings. The van der Waals surface area contributed by atoms with Crippen molar-refractivity contribution in [1.29, 1.82) is 0 Å². The van der Waals surface area contributed by atoms with Gasteiger partial charge in [-0.1, -0.05) is 17.7 Å². The van der Waals surface area contributed by atoms with E-state index in [1.54, 1.807) is 12.1 Å². The van der Waals surface area contributed by atoms with Crippen LogP contribution < -0.4 is 0 Å². The Morgan fingerprint density at radius 1 is 1.20 bits per heavy atom. The zero-order valence-electron chi connectivity index (χ0n) is 16.0. The molecule has 2 aromatic heterocycles. The second kappa shape index (κ2) is 7.51. The first-order chi connectivity index (χ1) is 14.6. The van der Waals surface area contributed by atoms with Gasteiger partial charge in [-0.3, -0.25) is 15.0 Å². The van der Waals surface area contributed by atoms with E-state index in [4.69, 9.17) is 16.6 Å². The van der Waals surface area contributed by atoms with Crippen LogP contribution >= 0.6 is 11.6 Å². The Kier molecular flexibility index (Phi) is 4.69. The molecule has 5 rings (SSSR count). The summed E-state index contributed by atoms with van der Waals surface area (Å²) in [6.07, 6.45) is 4.56. The first kappa shape index (κ1) is 18.7. The molecule has 30 heavy (non-hydrogen) atoms. The summed E-state index contributed by atoms with van der Waals surface area (Å²) < 4.78 is 0. The normalized spacial score (nSPS) is 14.0. The molecule has 8 heteroatoms. The number of aromatic nitrogens is 3. The molecule has 150 valence electrons. The molecule has 0 fully saturated rings. The zero-order valence-corrected chi connectivity index (χ0v) is 16.8. The minimum absolute atomic E-state index is 0.136. The van der Waals surface area contributed by atoms with E-state index >= 15 is 0 Å². The van der Waals surface area contributed by atoms with Crippen LogP contribution in [-0.2, 0) is 19.5 Å². The Hall–Kier alpha value is -3.29. The molecule has 0 bridgehead atoms. The molecule has 0 amide bonds. The van der Waals surface area contributed by atoms with Crippen LogP contribution in [0.4, 0.5) is 5.69 Å². The number of nitro benzene ring substituents is 1. The predicted molar refractivity (Wildman–Crippen MR) is 115 cm³/mol. The quantitative estimate of drug-likeness (QED) is 0.381. The number of aromatic amines is 1. The molecule has 0 unspecified atom stereocenters. The van der Waals surface area contributed by atoms with Crippen molar-refractivity contribution in [1.82, 2.24) is 19.9 Å². The number of nitro groups is 1. The summed E-state index contributed by atoms with van der Waals surface area (Å²) in [6, 6.07) is 12.6. The summed E-state index contributed by atoms with van der Waals surface area (Å²) in [6.45, 7) is 2.17. The fourth-order valence-corrected chi connectivity index (χ4v) is 4.13. The van der Waals surface area contributed by atoms with Crippen LogP contribution in [0.2, 0.25) is 5.02 Å². The summed E-state index contributed by atoms with van der Waals surface area (Å²) >= 11 is 5.97.